The Morgan fingerprint density at radius 3 is 2.44 bits per heavy atom. The van der Waals surface area contributed by atoms with Gasteiger partial charge in [-0.05, 0) is 31.5 Å². The summed E-state index contributed by atoms with van der Waals surface area (Å²) in [5.41, 5.74) is 3.95. The van der Waals surface area contributed by atoms with Crippen molar-refractivity contribution in [3.8, 4) is 0 Å². The van der Waals surface area contributed by atoms with Crippen LogP contribution in [0.4, 0.5) is 0 Å². The number of aryl methyl sites for hydroxylation is 3. The molecule has 3 nitrogen and oxygen atoms in total. The van der Waals surface area contributed by atoms with Gasteiger partial charge in [-0.15, -0.1) is 0 Å². The lowest BCUT2D eigenvalue weighted by Gasteiger charge is -2.07. The molecule has 0 bridgehead atoms. The molecule has 3 heteroatoms. The van der Waals surface area contributed by atoms with Crippen LogP contribution in [0, 0.1) is 13.8 Å². The van der Waals surface area contributed by atoms with Crippen molar-refractivity contribution in [1.29, 1.82) is 0 Å². The van der Waals surface area contributed by atoms with E-state index in [1.807, 2.05) is 45.3 Å². The molecule has 1 aromatic heterocycles. The smallest absolute Gasteiger partial charge is 0.355 e. The number of carbonyl (C=O) groups excluding carboxylic acids is 1. The third kappa shape index (κ3) is 2.80. The molecule has 0 radical (unpaired) electrons. The van der Waals surface area contributed by atoms with Crippen molar-refractivity contribution >= 4 is 5.97 Å². The molecule has 2 rings (SSSR count). The molecule has 0 aliphatic carbocycles. The third-order valence-corrected chi connectivity index (χ3v) is 2.80. The van der Waals surface area contributed by atoms with Crippen molar-refractivity contribution in [3.63, 3.8) is 0 Å². The molecule has 0 aliphatic heterocycles. The van der Waals surface area contributed by atoms with Crippen LogP contribution in [-0.4, -0.2) is 10.5 Å². The predicted molar refractivity (Wildman–Crippen MR) is 70.4 cm³/mol. The van der Waals surface area contributed by atoms with Crippen LogP contribution in [0.15, 0.2) is 36.5 Å². The average Bonchev–Trinajstić information content (AvgIpc) is 2.71. The van der Waals surface area contributed by atoms with Crippen LogP contribution in [0.3, 0.4) is 0 Å². The second-order valence-corrected chi connectivity index (χ2v) is 4.58. The molecule has 0 N–H and O–H groups in total. The molecule has 2 aromatic rings. The minimum absolute atomic E-state index is 0.290. The highest BCUT2D eigenvalue weighted by atomic mass is 16.5. The van der Waals surface area contributed by atoms with Crippen LogP contribution in [0.25, 0.3) is 0 Å². The minimum atomic E-state index is -0.290. The van der Waals surface area contributed by atoms with E-state index >= 15 is 0 Å². The summed E-state index contributed by atoms with van der Waals surface area (Å²) in [5, 5.41) is 0. The molecular weight excluding hydrogens is 226 g/mol. The van der Waals surface area contributed by atoms with E-state index in [2.05, 4.69) is 6.07 Å². The van der Waals surface area contributed by atoms with Crippen LogP contribution >= 0.6 is 0 Å². The van der Waals surface area contributed by atoms with E-state index in [-0.39, 0.29) is 5.97 Å². The van der Waals surface area contributed by atoms with E-state index in [1.54, 1.807) is 10.6 Å². The zero-order chi connectivity index (χ0) is 13.1. The van der Waals surface area contributed by atoms with E-state index < -0.39 is 0 Å². The Labute approximate surface area is 107 Å². The zero-order valence-electron chi connectivity index (χ0n) is 10.9. The summed E-state index contributed by atoms with van der Waals surface area (Å²) >= 11 is 0. The third-order valence-electron chi connectivity index (χ3n) is 2.80. The molecule has 0 unspecified atom stereocenters. The molecule has 1 aromatic carbocycles. The van der Waals surface area contributed by atoms with Gasteiger partial charge in [-0.25, -0.2) is 4.79 Å². The Bertz CT molecular complexity index is 549. The second-order valence-electron chi connectivity index (χ2n) is 4.58. The largest absolute Gasteiger partial charge is 0.456 e. The van der Waals surface area contributed by atoms with Crippen molar-refractivity contribution in [1.82, 2.24) is 4.57 Å². The van der Waals surface area contributed by atoms with E-state index in [9.17, 15) is 4.79 Å². The minimum Gasteiger partial charge on any atom is -0.456 e. The summed E-state index contributed by atoms with van der Waals surface area (Å²) in [5.74, 6) is -0.290. The van der Waals surface area contributed by atoms with Gasteiger partial charge in [-0.1, -0.05) is 29.3 Å². The summed E-state index contributed by atoms with van der Waals surface area (Å²) in [6.07, 6.45) is 1.83. The zero-order valence-corrected chi connectivity index (χ0v) is 10.9. The highest BCUT2D eigenvalue weighted by Crippen LogP contribution is 2.11. The Balaban J connectivity index is 2.04. The fourth-order valence-corrected chi connectivity index (χ4v) is 2.05. The van der Waals surface area contributed by atoms with Gasteiger partial charge in [-0.2, -0.15) is 0 Å². The SMILES string of the molecule is Cc1cc(C)cc(COC(=O)c2cccn2C)c1. The lowest BCUT2D eigenvalue weighted by molar-refractivity contribution is 0.0461. The van der Waals surface area contributed by atoms with Gasteiger partial charge in [0.15, 0.2) is 0 Å². The summed E-state index contributed by atoms with van der Waals surface area (Å²) < 4.78 is 7.06. The number of aromatic nitrogens is 1. The number of rotatable bonds is 3. The first kappa shape index (κ1) is 12.4. The molecule has 18 heavy (non-hydrogen) atoms. The molecule has 0 saturated heterocycles. The van der Waals surface area contributed by atoms with Gasteiger partial charge in [-0.3, -0.25) is 0 Å². The normalized spacial score (nSPS) is 10.4. The lowest BCUT2D eigenvalue weighted by Crippen LogP contribution is -2.09. The standard InChI is InChI=1S/C15H17NO2/c1-11-7-12(2)9-13(8-11)10-18-15(17)14-5-4-6-16(14)3/h4-9H,10H2,1-3H3. The van der Waals surface area contributed by atoms with Gasteiger partial charge < -0.3 is 9.30 Å². The van der Waals surface area contributed by atoms with Crippen molar-refractivity contribution in [2.24, 2.45) is 7.05 Å². The number of nitrogens with zero attached hydrogens (tertiary/aromatic N) is 1. The summed E-state index contributed by atoms with van der Waals surface area (Å²) in [4.78, 5) is 11.8. The molecule has 0 atom stereocenters. The first-order valence-electron chi connectivity index (χ1n) is 5.92. The number of hydrogen-bond acceptors (Lipinski definition) is 2. The van der Waals surface area contributed by atoms with Crippen molar-refractivity contribution in [2.75, 3.05) is 0 Å². The van der Waals surface area contributed by atoms with Gasteiger partial charge >= 0.3 is 5.97 Å². The monoisotopic (exact) mass is 243 g/mol. The van der Waals surface area contributed by atoms with Crippen LogP contribution in [0.2, 0.25) is 0 Å². The molecular formula is C15H17NO2. The fourth-order valence-electron chi connectivity index (χ4n) is 2.05. The Hall–Kier alpha value is -2.03. The van der Waals surface area contributed by atoms with E-state index in [1.165, 1.54) is 11.1 Å². The van der Waals surface area contributed by atoms with Gasteiger partial charge in [0.25, 0.3) is 0 Å². The number of esters is 1. The molecule has 0 saturated carbocycles. The average molecular weight is 243 g/mol. The maximum atomic E-state index is 11.8. The van der Waals surface area contributed by atoms with Crippen molar-refractivity contribution in [3.05, 3.63) is 58.9 Å². The molecule has 0 fully saturated rings. The Morgan fingerprint density at radius 1 is 1.22 bits per heavy atom. The summed E-state index contributed by atoms with van der Waals surface area (Å²) in [6, 6.07) is 9.75. The highest BCUT2D eigenvalue weighted by molar-refractivity contribution is 5.87. The van der Waals surface area contributed by atoms with Gasteiger partial charge in [0.2, 0.25) is 0 Å². The second kappa shape index (κ2) is 5.08. The van der Waals surface area contributed by atoms with Crippen LogP contribution < -0.4 is 0 Å². The van der Waals surface area contributed by atoms with Gasteiger partial charge in [0.1, 0.15) is 12.3 Å². The maximum absolute atomic E-state index is 11.8. The van der Waals surface area contributed by atoms with Crippen molar-refractivity contribution in [2.45, 2.75) is 20.5 Å². The summed E-state index contributed by atoms with van der Waals surface area (Å²) in [6.45, 7) is 4.39. The molecule has 1 heterocycles. The molecule has 94 valence electrons. The van der Waals surface area contributed by atoms with E-state index in [0.717, 1.165) is 5.56 Å². The number of benzene rings is 1. The Kier molecular flexibility index (Phi) is 3.51. The van der Waals surface area contributed by atoms with Gasteiger partial charge in [0, 0.05) is 13.2 Å². The fraction of sp³-hybridized carbons (Fsp3) is 0.267. The lowest BCUT2D eigenvalue weighted by atomic mass is 10.1. The number of hydrogen-bond donors (Lipinski definition) is 0. The van der Waals surface area contributed by atoms with Crippen LogP contribution in [0.1, 0.15) is 27.2 Å². The highest BCUT2D eigenvalue weighted by Gasteiger charge is 2.10. The number of carbonyl (C=O) groups is 1. The quantitative estimate of drug-likeness (QED) is 0.776. The predicted octanol–water partition coefficient (Wildman–Crippen LogP) is 3.00. The first-order chi connectivity index (χ1) is 8.56. The maximum Gasteiger partial charge on any atom is 0.355 e. The van der Waals surface area contributed by atoms with Crippen LogP contribution in [-0.2, 0) is 18.4 Å². The number of ether oxygens (including phenoxy) is 1. The van der Waals surface area contributed by atoms with E-state index in [0.29, 0.717) is 12.3 Å². The first-order valence-corrected chi connectivity index (χ1v) is 5.92. The molecule has 0 spiro atoms. The summed E-state index contributed by atoms with van der Waals surface area (Å²) in [7, 11) is 1.83. The van der Waals surface area contributed by atoms with E-state index in [4.69, 9.17) is 4.74 Å². The Morgan fingerprint density at radius 2 is 1.89 bits per heavy atom. The van der Waals surface area contributed by atoms with Crippen molar-refractivity contribution < 1.29 is 9.53 Å². The van der Waals surface area contributed by atoms with Crippen LogP contribution in [0.5, 0.6) is 0 Å². The molecule has 0 aliphatic rings. The molecule has 0 amide bonds. The topological polar surface area (TPSA) is 31.2 Å². The van der Waals surface area contributed by atoms with Gasteiger partial charge in [0.05, 0.1) is 0 Å².